The Bertz CT molecular complexity index is 60.4. The SMILES string of the molecule is CCCC[SiH](OC)OC.CN. The number of unbranched alkanes of at least 4 members (excludes halogenated alkanes) is 1. The molecule has 2 N–H and O–H groups in total. The van der Waals surface area contributed by atoms with E-state index >= 15 is 0 Å². The van der Waals surface area contributed by atoms with Crippen LogP contribution in [0.15, 0.2) is 0 Å². The van der Waals surface area contributed by atoms with Crippen LogP contribution in [0.1, 0.15) is 19.8 Å². The minimum Gasteiger partial charge on any atom is -0.400 e. The van der Waals surface area contributed by atoms with E-state index in [-0.39, 0.29) is 0 Å². The molecular formula is C7H21NO2Si. The lowest BCUT2D eigenvalue weighted by Gasteiger charge is -2.08. The molecule has 0 aliphatic carbocycles. The second kappa shape index (κ2) is 12.7. The van der Waals surface area contributed by atoms with Gasteiger partial charge in [0.15, 0.2) is 0 Å². The lowest BCUT2D eigenvalue weighted by atomic mass is 10.4. The number of hydrogen-bond donors (Lipinski definition) is 1. The van der Waals surface area contributed by atoms with Gasteiger partial charge in [0, 0.05) is 14.2 Å². The van der Waals surface area contributed by atoms with Gasteiger partial charge < -0.3 is 14.6 Å². The summed E-state index contributed by atoms with van der Waals surface area (Å²) in [5, 5.41) is 0. The van der Waals surface area contributed by atoms with Crippen molar-refractivity contribution in [2.24, 2.45) is 5.73 Å². The second-order valence-corrected chi connectivity index (χ2v) is 4.42. The van der Waals surface area contributed by atoms with Crippen LogP contribution in [0.2, 0.25) is 6.04 Å². The fraction of sp³-hybridized carbons (Fsp3) is 1.00. The van der Waals surface area contributed by atoms with Crippen molar-refractivity contribution >= 4 is 9.28 Å². The average Bonchev–Trinajstić information content (AvgIpc) is 2.10. The van der Waals surface area contributed by atoms with Gasteiger partial charge in [0.1, 0.15) is 0 Å². The predicted molar refractivity (Wildman–Crippen MR) is 51.0 cm³/mol. The molecule has 0 amide bonds. The fourth-order valence-electron chi connectivity index (χ4n) is 0.703. The first kappa shape index (κ1) is 13.7. The van der Waals surface area contributed by atoms with E-state index in [2.05, 4.69) is 12.7 Å². The quantitative estimate of drug-likeness (QED) is 0.637. The minimum atomic E-state index is -1.21. The van der Waals surface area contributed by atoms with E-state index in [1.54, 1.807) is 14.2 Å². The standard InChI is InChI=1S/C6H16O2Si.CH5N/c1-4-5-6-9(7-2)8-3;1-2/h9H,4-6H2,1-3H3;2H2,1H3. The highest BCUT2D eigenvalue weighted by atomic mass is 28.3. The van der Waals surface area contributed by atoms with Gasteiger partial charge in [-0.15, -0.1) is 0 Å². The topological polar surface area (TPSA) is 44.5 Å². The summed E-state index contributed by atoms with van der Waals surface area (Å²) in [5.74, 6) is 0. The summed E-state index contributed by atoms with van der Waals surface area (Å²) in [4.78, 5) is 0. The summed E-state index contributed by atoms with van der Waals surface area (Å²) >= 11 is 0. The largest absolute Gasteiger partial charge is 0.400 e. The first-order valence-corrected chi connectivity index (χ1v) is 5.74. The molecule has 0 bridgehead atoms. The second-order valence-electron chi connectivity index (χ2n) is 2.04. The average molecular weight is 179 g/mol. The maximum absolute atomic E-state index is 5.12. The van der Waals surface area contributed by atoms with Crippen molar-refractivity contribution in [2.45, 2.75) is 25.8 Å². The van der Waals surface area contributed by atoms with Gasteiger partial charge in [0.2, 0.25) is 0 Å². The third kappa shape index (κ3) is 10.1. The Morgan fingerprint density at radius 1 is 1.18 bits per heavy atom. The van der Waals surface area contributed by atoms with Gasteiger partial charge in [-0.3, -0.25) is 0 Å². The highest BCUT2D eigenvalue weighted by Crippen LogP contribution is 2.01. The van der Waals surface area contributed by atoms with E-state index < -0.39 is 9.28 Å². The van der Waals surface area contributed by atoms with E-state index in [1.165, 1.54) is 19.9 Å². The van der Waals surface area contributed by atoms with Crippen LogP contribution in [0.4, 0.5) is 0 Å². The number of hydrogen-bond acceptors (Lipinski definition) is 3. The van der Waals surface area contributed by atoms with Crippen molar-refractivity contribution in [3.8, 4) is 0 Å². The van der Waals surface area contributed by atoms with Gasteiger partial charge in [-0.1, -0.05) is 19.8 Å². The number of rotatable bonds is 5. The van der Waals surface area contributed by atoms with Crippen molar-refractivity contribution in [3.63, 3.8) is 0 Å². The highest BCUT2D eigenvalue weighted by molar-refractivity contribution is 6.44. The molecule has 3 nitrogen and oxygen atoms in total. The molecule has 0 aromatic rings. The van der Waals surface area contributed by atoms with Crippen LogP contribution in [0.25, 0.3) is 0 Å². The Morgan fingerprint density at radius 2 is 1.64 bits per heavy atom. The number of nitrogens with two attached hydrogens (primary N) is 1. The van der Waals surface area contributed by atoms with Crippen molar-refractivity contribution < 1.29 is 8.85 Å². The third-order valence-electron chi connectivity index (χ3n) is 1.32. The summed E-state index contributed by atoms with van der Waals surface area (Å²) in [6, 6.07) is 1.14. The molecule has 11 heavy (non-hydrogen) atoms. The molecule has 0 fully saturated rings. The molecule has 4 heteroatoms. The van der Waals surface area contributed by atoms with Gasteiger partial charge in [-0.25, -0.2) is 0 Å². The van der Waals surface area contributed by atoms with Crippen molar-refractivity contribution in [2.75, 3.05) is 21.3 Å². The summed E-state index contributed by atoms with van der Waals surface area (Å²) in [6.45, 7) is 2.18. The van der Waals surface area contributed by atoms with Gasteiger partial charge in [-0.2, -0.15) is 0 Å². The normalized spacial score (nSPS) is 9.27. The Balaban J connectivity index is 0. The zero-order chi connectivity index (χ0) is 9.11. The molecular weight excluding hydrogens is 158 g/mol. The molecule has 0 rings (SSSR count). The maximum atomic E-state index is 5.12. The van der Waals surface area contributed by atoms with Crippen molar-refractivity contribution in [1.29, 1.82) is 0 Å². The van der Waals surface area contributed by atoms with Gasteiger partial charge in [0.25, 0.3) is 0 Å². The van der Waals surface area contributed by atoms with Crippen LogP contribution in [0.5, 0.6) is 0 Å². The Kier molecular flexibility index (Phi) is 15.8. The van der Waals surface area contributed by atoms with Gasteiger partial charge in [-0.05, 0) is 13.1 Å². The molecule has 0 aromatic heterocycles. The molecule has 0 aliphatic heterocycles. The molecule has 0 heterocycles. The van der Waals surface area contributed by atoms with Gasteiger partial charge >= 0.3 is 9.28 Å². The molecule has 0 saturated heterocycles. The molecule has 0 radical (unpaired) electrons. The van der Waals surface area contributed by atoms with Crippen LogP contribution < -0.4 is 5.73 Å². The van der Waals surface area contributed by atoms with E-state index in [1.807, 2.05) is 0 Å². The Labute approximate surface area is 71.7 Å². The zero-order valence-corrected chi connectivity index (χ0v) is 9.25. The van der Waals surface area contributed by atoms with Crippen molar-refractivity contribution in [3.05, 3.63) is 0 Å². The third-order valence-corrected chi connectivity index (χ3v) is 3.25. The minimum absolute atomic E-state index is 1.14. The van der Waals surface area contributed by atoms with E-state index in [4.69, 9.17) is 8.85 Å². The van der Waals surface area contributed by atoms with Gasteiger partial charge in [0.05, 0.1) is 0 Å². The maximum Gasteiger partial charge on any atom is 0.320 e. The first-order valence-electron chi connectivity index (χ1n) is 3.98. The fourth-order valence-corrected chi connectivity index (χ4v) is 2.11. The van der Waals surface area contributed by atoms with Crippen LogP contribution in [-0.4, -0.2) is 30.6 Å². The predicted octanol–water partition coefficient (Wildman–Crippen LogP) is 0.875. The van der Waals surface area contributed by atoms with E-state index in [0.717, 1.165) is 6.04 Å². The van der Waals surface area contributed by atoms with E-state index in [0.29, 0.717) is 0 Å². The smallest absolute Gasteiger partial charge is 0.320 e. The van der Waals surface area contributed by atoms with Crippen LogP contribution >= 0.6 is 0 Å². The zero-order valence-electron chi connectivity index (χ0n) is 8.09. The lowest BCUT2D eigenvalue weighted by Crippen LogP contribution is -2.18. The van der Waals surface area contributed by atoms with E-state index in [9.17, 15) is 0 Å². The molecule has 0 atom stereocenters. The monoisotopic (exact) mass is 179 g/mol. The van der Waals surface area contributed by atoms with Crippen LogP contribution in [0, 0.1) is 0 Å². The molecule has 0 saturated carbocycles. The highest BCUT2D eigenvalue weighted by Gasteiger charge is 2.06. The van der Waals surface area contributed by atoms with Crippen LogP contribution in [-0.2, 0) is 8.85 Å². The molecule has 70 valence electrons. The Hall–Kier alpha value is 0.0969. The van der Waals surface area contributed by atoms with Crippen molar-refractivity contribution in [1.82, 2.24) is 0 Å². The summed E-state index contributed by atoms with van der Waals surface area (Å²) in [5.41, 5.74) is 4.50. The molecule has 0 aromatic carbocycles. The van der Waals surface area contributed by atoms with Crippen LogP contribution in [0.3, 0.4) is 0 Å². The summed E-state index contributed by atoms with van der Waals surface area (Å²) in [7, 11) is 3.75. The molecule has 0 spiro atoms. The molecule has 0 unspecified atom stereocenters. The summed E-state index contributed by atoms with van der Waals surface area (Å²) in [6.07, 6.45) is 2.47. The molecule has 0 aliphatic rings. The lowest BCUT2D eigenvalue weighted by molar-refractivity contribution is 0.276. The Morgan fingerprint density at radius 3 is 1.91 bits per heavy atom. The first-order chi connectivity index (χ1) is 5.35. The summed E-state index contributed by atoms with van der Waals surface area (Å²) < 4.78 is 10.2.